The van der Waals surface area contributed by atoms with Crippen molar-refractivity contribution in [1.29, 1.82) is 0 Å². The predicted molar refractivity (Wildman–Crippen MR) is 135 cm³/mol. The van der Waals surface area contributed by atoms with Gasteiger partial charge in [0, 0.05) is 30.4 Å². The lowest BCUT2D eigenvalue weighted by Gasteiger charge is -2.18. The molecule has 0 bridgehead atoms. The molecule has 3 rings (SSSR count). The molecule has 0 spiro atoms. The summed E-state index contributed by atoms with van der Waals surface area (Å²) in [5.41, 5.74) is 7.53. The van der Waals surface area contributed by atoms with Gasteiger partial charge >= 0.3 is 0 Å². The number of rotatable bonds is 11. The molecule has 0 saturated heterocycles. The maximum absolute atomic E-state index is 12.9. The number of carbonyl (C=O) groups excluding carboxylic acids is 3. The monoisotopic (exact) mass is 491 g/mol. The van der Waals surface area contributed by atoms with E-state index in [1.165, 1.54) is 7.11 Å². The zero-order chi connectivity index (χ0) is 26.1. The number of anilines is 1. The third-order valence-corrected chi connectivity index (χ3v) is 5.22. The number of nitrogens with one attached hydrogen (secondary N) is 1. The second kappa shape index (κ2) is 12.3. The van der Waals surface area contributed by atoms with E-state index in [4.69, 9.17) is 19.9 Å². The summed E-state index contributed by atoms with van der Waals surface area (Å²) in [6.45, 7) is 2.56. The van der Waals surface area contributed by atoms with Crippen LogP contribution in [-0.4, -0.2) is 50.0 Å². The molecule has 0 saturated carbocycles. The molecule has 3 aromatic rings. The minimum absolute atomic E-state index is 0.230. The van der Waals surface area contributed by atoms with Gasteiger partial charge in [0.05, 0.1) is 13.7 Å². The number of primary amides is 1. The third kappa shape index (κ3) is 6.99. The molecule has 9 nitrogen and oxygen atoms in total. The Hall–Kier alpha value is -4.53. The van der Waals surface area contributed by atoms with Crippen molar-refractivity contribution in [1.82, 2.24) is 4.90 Å². The topological polar surface area (TPSA) is 120 Å². The van der Waals surface area contributed by atoms with Gasteiger partial charge in [-0.2, -0.15) is 0 Å². The number of amides is 3. The fraction of sp³-hybridized carbons (Fsp3) is 0.222. The van der Waals surface area contributed by atoms with Crippen LogP contribution in [0.4, 0.5) is 5.69 Å². The summed E-state index contributed by atoms with van der Waals surface area (Å²) >= 11 is 0. The van der Waals surface area contributed by atoms with Gasteiger partial charge in [0.15, 0.2) is 18.1 Å². The number of methoxy groups -OCH3 is 1. The van der Waals surface area contributed by atoms with Crippen LogP contribution in [-0.2, 0) is 11.3 Å². The molecule has 0 fully saturated rings. The molecular formula is C27H29N3O6. The van der Waals surface area contributed by atoms with Gasteiger partial charge in [-0.3, -0.25) is 14.4 Å². The number of nitrogens with zero attached hydrogens (tertiary/aromatic N) is 1. The van der Waals surface area contributed by atoms with Crippen molar-refractivity contribution >= 4 is 23.4 Å². The number of nitrogens with two attached hydrogens (primary N) is 1. The summed E-state index contributed by atoms with van der Waals surface area (Å²) in [4.78, 5) is 38.0. The highest BCUT2D eigenvalue weighted by Gasteiger charge is 2.16. The summed E-state index contributed by atoms with van der Waals surface area (Å²) in [6, 6.07) is 18.5. The molecule has 0 unspecified atom stereocenters. The molecule has 188 valence electrons. The SMILES string of the molecule is CCOc1ccc(NC(=O)COc2ccc(C(=O)N(C)Cc3ccc(C(N)=O)cc3)cc2OC)cc1. The van der Waals surface area contributed by atoms with Crippen LogP contribution in [0, 0.1) is 0 Å². The van der Waals surface area contributed by atoms with Gasteiger partial charge in [0.25, 0.3) is 11.8 Å². The lowest BCUT2D eigenvalue weighted by atomic mass is 10.1. The maximum Gasteiger partial charge on any atom is 0.262 e. The number of hydrogen-bond acceptors (Lipinski definition) is 6. The Kier molecular flexibility index (Phi) is 8.88. The van der Waals surface area contributed by atoms with Crippen LogP contribution < -0.4 is 25.3 Å². The van der Waals surface area contributed by atoms with Crippen LogP contribution in [0.25, 0.3) is 0 Å². The first-order valence-corrected chi connectivity index (χ1v) is 11.3. The molecule has 9 heteroatoms. The van der Waals surface area contributed by atoms with Crippen LogP contribution in [0.5, 0.6) is 17.2 Å². The summed E-state index contributed by atoms with van der Waals surface area (Å²) < 4.78 is 16.4. The number of carbonyl (C=O) groups is 3. The number of benzene rings is 3. The second-order valence-electron chi connectivity index (χ2n) is 7.88. The van der Waals surface area contributed by atoms with Crippen LogP contribution >= 0.6 is 0 Å². The minimum Gasteiger partial charge on any atom is -0.494 e. The third-order valence-electron chi connectivity index (χ3n) is 5.22. The highest BCUT2D eigenvalue weighted by Crippen LogP contribution is 2.29. The molecular weight excluding hydrogens is 462 g/mol. The Labute approximate surface area is 209 Å². The summed E-state index contributed by atoms with van der Waals surface area (Å²) in [7, 11) is 3.13. The van der Waals surface area contributed by atoms with Crippen LogP contribution in [0.1, 0.15) is 33.2 Å². The summed E-state index contributed by atoms with van der Waals surface area (Å²) in [5.74, 6) is 0.303. The van der Waals surface area contributed by atoms with Crippen molar-refractivity contribution in [2.24, 2.45) is 5.73 Å². The van der Waals surface area contributed by atoms with Crippen molar-refractivity contribution in [3.8, 4) is 17.2 Å². The maximum atomic E-state index is 12.9. The Morgan fingerprint density at radius 2 is 1.56 bits per heavy atom. The van der Waals surface area contributed by atoms with Crippen molar-refractivity contribution in [2.75, 3.05) is 32.7 Å². The molecule has 36 heavy (non-hydrogen) atoms. The van der Waals surface area contributed by atoms with E-state index in [2.05, 4.69) is 5.32 Å². The largest absolute Gasteiger partial charge is 0.494 e. The summed E-state index contributed by atoms with van der Waals surface area (Å²) in [5, 5.41) is 2.75. The van der Waals surface area contributed by atoms with E-state index in [-0.39, 0.29) is 18.4 Å². The molecule has 3 N–H and O–H groups in total. The van der Waals surface area contributed by atoms with E-state index in [0.717, 1.165) is 11.3 Å². The van der Waals surface area contributed by atoms with Crippen LogP contribution in [0.2, 0.25) is 0 Å². The minimum atomic E-state index is -0.506. The molecule has 0 heterocycles. The van der Waals surface area contributed by atoms with Gasteiger partial charge in [-0.05, 0) is 67.1 Å². The normalized spacial score (nSPS) is 10.3. The molecule has 0 aliphatic carbocycles. The second-order valence-corrected chi connectivity index (χ2v) is 7.88. The van der Waals surface area contributed by atoms with Crippen molar-refractivity contribution in [3.63, 3.8) is 0 Å². The van der Waals surface area contributed by atoms with Crippen molar-refractivity contribution in [3.05, 3.63) is 83.4 Å². The molecule has 0 aromatic heterocycles. The Balaban J connectivity index is 1.58. The van der Waals surface area contributed by atoms with E-state index >= 15 is 0 Å². The van der Waals surface area contributed by atoms with E-state index in [1.807, 2.05) is 6.92 Å². The first-order valence-electron chi connectivity index (χ1n) is 11.3. The molecule has 0 aliphatic rings. The smallest absolute Gasteiger partial charge is 0.262 e. The average Bonchev–Trinajstić information content (AvgIpc) is 2.88. The fourth-order valence-corrected chi connectivity index (χ4v) is 3.40. The first kappa shape index (κ1) is 26.1. The van der Waals surface area contributed by atoms with E-state index < -0.39 is 5.91 Å². The van der Waals surface area contributed by atoms with E-state index in [9.17, 15) is 14.4 Å². The van der Waals surface area contributed by atoms with Gasteiger partial charge in [-0.15, -0.1) is 0 Å². The zero-order valence-corrected chi connectivity index (χ0v) is 20.4. The number of ether oxygens (including phenoxy) is 3. The van der Waals surface area contributed by atoms with Gasteiger partial charge in [0.1, 0.15) is 5.75 Å². The van der Waals surface area contributed by atoms with Gasteiger partial charge < -0.3 is 30.2 Å². The summed E-state index contributed by atoms with van der Waals surface area (Å²) in [6.07, 6.45) is 0. The molecule has 0 atom stereocenters. The lowest BCUT2D eigenvalue weighted by Crippen LogP contribution is -2.26. The Morgan fingerprint density at radius 1 is 0.889 bits per heavy atom. The predicted octanol–water partition coefficient (Wildman–Crippen LogP) is 3.48. The highest BCUT2D eigenvalue weighted by atomic mass is 16.5. The Morgan fingerprint density at radius 3 is 2.17 bits per heavy atom. The highest BCUT2D eigenvalue weighted by molar-refractivity contribution is 5.95. The number of hydrogen-bond donors (Lipinski definition) is 2. The standard InChI is InChI=1S/C27H29N3O6/c1-4-35-22-12-10-21(11-13-22)29-25(31)17-36-23-14-9-20(15-24(23)34-3)27(33)30(2)16-18-5-7-19(8-6-18)26(28)32/h5-15H,4,16-17H2,1-3H3,(H2,28,32)(H,29,31). The quantitative estimate of drug-likeness (QED) is 0.424. The average molecular weight is 492 g/mol. The van der Waals surface area contributed by atoms with Gasteiger partial charge in [-0.1, -0.05) is 12.1 Å². The van der Waals surface area contributed by atoms with E-state index in [0.29, 0.717) is 41.5 Å². The van der Waals surface area contributed by atoms with Crippen LogP contribution in [0.3, 0.4) is 0 Å². The molecule has 3 aromatic carbocycles. The van der Waals surface area contributed by atoms with Gasteiger partial charge in [0.2, 0.25) is 5.91 Å². The van der Waals surface area contributed by atoms with Crippen LogP contribution in [0.15, 0.2) is 66.7 Å². The fourth-order valence-electron chi connectivity index (χ4n) is 3.40. The van der Waals surface area contributed by atoms with Gasteiger partial charge in [-0.25, -0.2) is 0 Å². The zero-order valence-electron chi connectivity index (χ0n) is 20.4. The van der Waals surface area contributed by atoms with E-state index in [1.54, 1.807) is 78.7 Å². The van der Waals surface area contributed by atoms with Crippen molar-refractivity contribution < 1.29 is 28.6 Å². The van der Waals surface area contributed by atoms with Crippen molar-refractivity contribution in [2.45, 2.75) is 13.5 Å². The molecule has 0 radical (unpaired) electrons. The molecule has 0 aliphatic heterocycles. The first-order chi connectivity index (χ1) is 17.3. The lowest BCUT2D eigenvalue weighted by molar-refractivity contribution is -0.118. The Bertz CT molecular complexity index is 1210. The molecule has 3 amide bonds.